The normalized spacial score (nSPS) is 11.7. The zero-order valence-electron chi connectivity index (χ0n) is 13.6. The predicted molar refractivity (Wildman–Crippen MR) is 90.0 cm³/mol. The maximum Gasteiger partial charge on any atom is 0.207 e. The molecule has 4 heteroatoms. The van der Waals surface area contributed by atoms with Crippen molar-refractivity contribution in [1.82, 2.24) is 10.3 Å². The zero-order valence-corrected chi connectivity index (χ0v) is 13.6. The van der Waals surface area contributed by atoms with Gasteiger partial charge in [0.15, 0.2) is 5.78 Å². The van der Waals surface area contributed by atoms with Crippen LogP contribution in [0.5, 0.6) is 0 Å². The minimum atomic E-state index is -0.610. The van der Waals surface area contributed by atoms with Crippen molar-refractivity contribution in [2.75, 3.05) is 0 Å². The van der Waals surface area contributed by atoms with E-state index in [0.717, 1.165) is 18.4 Å². The van der Waals surface area contributed by atoms with Gasteiger partial charge < -0.3 is 5.32 Å². The first-order valence-corrected chi connectivity index (χ1v) is 7.80. The van der Waals surface area contributed by atoms with Crippen molar-refractivity contribution in [2.45, 2.75) is 39.2 Å². The van der Waals surface area contributed by atoms with E-state index in [2.05, 4.69) is 42.3 Å². The van der Waals surface area contributed by atoms with E-state index in [1.54, 1.807) is 24.5 Å². The van der Waals surface area contributed by atoms with E-state index in [4.69, 9.17) is 0 Å². The molecule has 1 aromatic carbocycles. The van der Waals surface area contributed by atoms with Crippen LogP contribution < -0.4 is 5.32 Å². The number of nitrogens with one attached hydrogen (secondary N) is 1. The first-order chi connectivity index (χ1) is 11.1. The van der Waals surface area contributed by atoms with E-state index in [0.29, 0.717) is 12.8 Å². The summed E-state index contributed by atoms with van der Waals surface area (Å²) in [4.78, 5) is 27.2. The number of benzene rings is 1. The van der Waals surface area contributed by atoms with E-state index < -0.39 is 6.04 Å². The maximum atomic E-state index is 12.4. The molecule has 1 aromatic heterocycles. The molecular formula is C19H22N2O2. The summed E-state index contributed by atoms with van der Waals surface area (Å²) in [5.74, 6) is 0.00827. The summed E-state index contributed by atoms with van der Waals surface area (Å²) >= 11 is 0. The molecule has 1 atom stereocenters. The van der Waals surface area contributed by atoms with Gasteiger partial charge in [-0.25, -0.2) is 0 Å². The second kappa shape index (κ2) is 8.22. The topological polar surface area (TPSA) is 59.1 Å². The smallest absolute Gasteiger partial charge is 0.207 e. The first kappa shape index (κ1) is 16.9. The van der Waals surface area contributed by atoms with Crippen LogP contribution in [0.1, 0.15) is 41.1 Å². The van der Waals surface area contributed by atoms with Crippen molar-refractivity contribution in [1.29, 1.82) is 0 Å². The van der Waals surface area contributed by atoms with Crippen molar-refractivity contribution >= 4 is 12.2 Å². The number of amides is 1. The minimum absolute atomic E-state index is 0.00827. The Kier molecular flexibility index (Phi) is 6.03. The number of nitrogens with zero attached hydrogens (tertiary/aromatic N) is 1. The van der Waals surface area contributed by atoms with E-state index in [1.165, 1.54) is 16.7 Å². The van der Waals surface area contributed by atoms with Gasteiger partial charge in [0.2, 0.25) is 6.41 Å². The maximum absolute atomic E-state index is 12.4. The molecule has 4 nitrogen and oxygen atoms in total. The molecule has 1 heterocycles. The molecule has 1 unspecified atom stereocenters. The van der Waals surface area contributed by atoms with Gasteiger partial charge in [-0.2, -0.15) is 0 Å². The number of Topliss-reactive ketones (excluding diaryl/α,β-unsaturated/α-hetero) is 1. The fraction of sp³-hybridized carbons (Fsp3) is 0.316. The van der Waals surface area contributed by atoms with Crippen LogP contribution in [0.3, 0.4) is 0 Å². The average molecular weight is 310 g/mol. The van der Waals surface area contributed by atoms with Crippen molar-refractivity contribution in [2.24, 2.45) is 0 Å². The lowest BCUT2D eigenvalue weighted by atomic mass is 9.98. The molecule has 1 amide bonds. The molecule has 0 saturated heterocycles. The van der Waals surface area contributed by atoms with E-state index in [1.807, 2.05) is 0 Å². The molecule has 0 aliphatic rings. The largest absolute Gasteiger partial charge is 0.345 e. The standard InChI is InChI=1S/C19H22N2O2/c1-14-8-9-16(11-15(14)2)5-3-7-18(23)19(21-13-22)17-6-4-10-20-12-17/h4,6,8-13,19H,3,5,7H2,1-2H3,(H,21,22). The number of hydrogen-bond donors (Lipinski definition) is 1. The van der Waals surface area contributed by atoms with Gasteiger partial charge in [-0.1, -0.05) is 24.3 Å². The zero-order chi connectivity index (χ0) is 16.7. The second-order valence-corrected chi connectivity index (χ2v) is 5.74. The molecule has 2 rings (SSSR count). The van der Waals surface area contributed by atoms with Crippen LogP contribution in [-0.2, 0) is 16.0 Å². The lowest BCUT2D eigenvalue weighted by Gasteiger charge is -2.15. The Balaban J connectivity index is 1.94. The van der Waals surface area contributed by atoms with Crippen LogP contribution in [0.25, 0.3) is 0 Å². The van der Waals surface area contributed by atoms with E-state index in [9.17, 15) is 9.59 Å². The Morgan fingerprint density at radius 2 is 2.09 bits per heavy atom. The van der Waals surface area contributed by atoms with Crippen molar-refractivity contribution < 1.29 is 9.59 Å². The molecule has 0 aliphatic heterocycles. The summed E-state index contributed by atoms with van der Waals surface area (Å²) < 4.78 is 0. The molecule has 23 heavy (non-hydrogen) atoms. The number of carbonyl (C=O) groups excluding carboxylic acids is 2. The molecule has 0 saturated carbocycles. The summed E-state index contributed by atoms with van der Waals surface area (Å²) in [6.07, 6.45) is 5.87. The highest BCUT2D eigenvalue weighted by Crippen LogP contribution is 2.17. The summed E-state index contributed by atoms with van der Waals surface area (Å²) in [7, 11) is 0. The molecule has 1 N–H and O–H groups in total. The third kappa shape index (κ3) is 4.74. The third-order valence-electron chi connectivity index (χ3n) is 4.03. The Morgan fingerprint density at radius 1 is 1.26 bits per heavy atom. The van der Waals surface area contributed by atoms with Crippen LogP contribution in [-0.4, -0.2) is 17.2 Å². The number of rotatable bonds is 8. The van der Waals surface area contributed by atoms with Gasteiger partial charge in [0.05, 0.1) is 0 Å². The molecule has 0 aliphatic carbocycles. The quantitative estimate of drug-likeness (QED) is 0.762. The van der Waals surface area contributed by atoms with Gasteiger partial charge in [0.25, 0.3) is 0 Å². The van der Waals surface area contributed by atoms with Crippen LogP contribution >= 0.6 is 0 Å². The summed E-state index contributed by atoms with van der Waals surface area (Å²) in [5, 5.41) is 2.59. The molecule has 0 fully saturated rings. The van der Waals surface area contributed by atoms with Crippen LogP contribution in [0, 0.1) is 13.8 Å². The van der Waals surface area contributed by atoms with Gasteiger partial charge in [0, 0.05) is 24.4 Å². The molecule has 0 spiro atoms. The second-order valence-electron chi connectivity index (χ2n) is 5.74. The Hall–Kier alpha value is -2.49. The highest BCUT2D eigenvalue weighted by Gasteiger charge is 2.19. The van der Waals surface area contributed by atoms with Gasteiger partial charge >= 0.3 is 0 Å². The van der Waals surface area contributed by atoms with Crippen molar-refractivity contribution in [3.05, 3.63) is 65.0 Å². The highest BCUT2D eigenvalue weighted by atomic mass is 16.1. The van der Waals surface area contributed by atoms with Gasteiger partial charge in [0.1, 0.15) is 6.04 Å². The first-order valence-electron chi connectivity index (χ1n) is 7.80. The Morgan fingerprint density at radius 3 is 2.74 bits per heavy atom. The lowest BCUT2D eigenvalue weighted by Crippen LogP contribution is -2.27. The fourth-order valence-electron chi connectivity index (χ4n) is 2.56. The van der Waals surface area contributed by atoms with Crippen molar-refractivity contribution in [3.8, 4) is 0 Å². The number of ketones is 1. The Labute approximate surface area is 137 Å². The fourth-order valence-corrected chi connectivity index (χ4v) is 2.56. The van der Waals surface area contributed by atoms with Crippen LogP contribution in [0.4, 0.5) is 0 Å². The van der Waals surface area contributed by atoms with Crippen LogP contribution in [0.15, 0.2) is 42.7 Å². The minimum Gasteiger partial charge on any atom is -0.345 e. The Bertz CT molecular complexity index is 668. The molecule has 0 bridgehead atoms. The molecule has 0 radical (unpaired) electrons. The molecule has 2 aromatic rings. The number of aromatic nitrogens is 1. The van der Waals surface area contributed by atoms with Gasteiger partial charge in [-0.05, 0) is 49.4 Å². The van der Waals surface area contributed by atoms with Crippen molar-refractivity contribution in [3.63, 3.8) is 0 Å². The molecular weight excluding hydrogens is 288 g/mol. The van der Waals surface area contributed by atoms with Crippen LogP contribution in [0.2, 0.25) is 0 Å². The van der Waals surface area contributed by atoms with E-state index in [-0.39, 0.29) is 5.78 Å². The predicted octanol–water partition coefficient (Wildman–Crippen LogP) is 3.08. The number of hydrogen-bond acceptors (Lipinski definition) is 3. The highest BCUT2D eigenvalue weighted by molar-refractivity contribution is 5.86. The monoisotopic (exact) mass is 310 g/mol. The number of pyridine rings is 1. The summed E-state index contributed by atoms with van der Waals surface area (Å²) in [6, 6.07) is 9.34. The number of carbonyl (C=O) groups is 2. The lowest BCUT2D eigenvalue weighted by molar-refractivity contribution is -0.123. The van der Waals surface area contributed by atoms with Gasteiger partial charge in [-0.3, -0.25) is 14.6 Å². The third-order valence-corrected chi connectivity index (χ3v) is 4.03. The van der Waals surface area contributed by atoms with Gasteiger partial charge in [-0.15, -0.1) is 0 Å². The average Bonchev–Trinajstić information content (AvgIpc) is 2.56. The van der Waals surface area contributed by atoms with E-state index >= 15 is 0 Å². The summed E-state index contributed by atoms with van der Waals surface area (Å²) in [6.45, 7) is 4.18. The SMILES string of the molecule is Cc1ccc(CCCC(=O)C(NC=O)c2cccnc2)cc1C. The molecule has 120 valence electrons. The number of aryl methyl sites for hydroxylation is 3. The summed E-state index contributed by atoms with van der Waals surface area (Å²) in [5.41, 5.74) is 4.50.